The number of carboxylic acids is 2. The summed E-state index contributed by atoms with van der Waals surface area (Å²) in [5.74, 6) is -2.01. The van der Waals surface area contributed by atoms with Gasteiger partial charge in [-0.15, -0.1) is 0 Å². The van der Waals surface area contributed by atoms with Gasteiger partial charge in [-0.05, 0) is 32.1 Å². The molecule has 0 spiro atoms. The van der Waals surface area contributed by atoms with Gasteiger partial charge in [0.25, 0.3) is 0 Å². The van der Waals surface area contributed by atoms with Crippen LogP contribution in [0.5, 0.6) is 0 Å². The molecular weight excluding hydrogens is 428 g/mol. The molecule has 0 aliphatic heterocycles. The molecule has 0 amide bonds. The smallest absolute Gasteiger partial charge is 0.309 e. The number of ether oxygens (including phenoxy) is 4. The highest BCUT2D eigenvalue weighted by Gasteiger charge is 2.38. The van der Waals surface area contributed by atoms with Crippen LogP contribution in [-0.4, -0.2) is 75.0 Å². The van der Waals surface area contributed by atoms with Gasteiger partial charge in [-0.1, -0.05) is 52.4 Å². The maximum atomic E-state index is 12.1. The van der Waals surface area contributed by atoms with E-state index in [9.17, 15) is 14.7 Å². The Morgan fingerprint density at radius 1 is 0.576 bits per heavy atom. The van der Waals surface area contributed by atoms with Crippen molar-refractivity contribution in [3.63, 3.8) is 0 Å². The first-order chi connectivity index (χ1) is 16.0. The molecule has 0 aliphatic carbocycles. The normalized spacial score (nSPS) is 11.7. The molecule has 8 heteroatoms. The molecule has 0 atom stereocenters. The minimum absolute atomic E-state index is 0.0479. The molecule has 0 unspecified atom stereocenters. The van der Waals surface area contributed by atoms with Crippen molar-refractivity contribution in [2.75, 3.05) is 52.9 Å². The lowest BCUT2D eigenvalue weighted by Crippen LogP contribution is -2.35. The van der Waals surface area contributed by atoms with Crippen molar-refractivity contribution in [2.24, 2.45) is 5.41 Å². The lowest BCUT2D eigenvalue weighted by atomic mass is 9.77. The van der Waals surface area contributed by atoms with E-state index >= 15 is 0 Å². The number of unbranched alkanes of at least 4 members (excludes halogenated alkanes) is 6. The number of hydrogen-bond donors (Lipinski definition) is 2. The number of rotatable bonds is 26. The summed E-state index contributed by atoms with van der Waals surface area (Å²) in [6.45, 7) is 7.98. The fraction of sp³-hybridized carbons (Fsp3) is 0.920. The molecule has 0 saturated carbocycles. The third-order valence-corrected chi connectivity index (χ3v) is 5.75. The van der Waals surface area contributed by atoms with Gasteiger partial charge < -0.3 is 29.2 Å². The number of carboxylic acid groups (broad SMARTS) is 2. The molecule has 0 rings (SSSR count). The molecule has 8 nitrogen and oxygen atoms in total. The SMILES string of the molecule is CCCCCCOCCOCCC(CCOCCOCCCCCC)(CCC(=O)O)C(=O)O. The highest BCUT2D eigenvalue weighted by atomic mass is 16.5. The van der Waals surface area contributed by atoms with Crippen LogP contribution in [0.3, 0.4) is 0 Å². The summed E-state index contributed by atoms with van der Waals surface area (Å²) in [6.07, 6.45) is 9.52. The Morgan fingerprint density at radius 2 is 1.00 bits per heavy atom. The molecule has 196 valence electrons. The fourth-order valence-electron chi connectivity index (χ4n) is 3.48. The van der Waals surface area contributed by atoms with E-state index in [-0.39, 0.29) is 38.9 Å². The van der Waals surface area contributed by atoms with E-state index in [1.807, 2.05) is 0 Å². The molecule has 0 aliphatic rings. The van der Waals surface area contributed by atoms with Gasteiger partial charge in [0.1, 0.15) is 0 Å². The summed E-state index contributed by atoms with van der Waals surface area (Å²) in [5, 5.41) is 18.9. The quantitative estimate of drug-likeness (QED) is 0.169. The molecule has 0 bridgehead atoms. The van der Waals surface area contributed by atoms with Crippen LogP contribution in [0.15, 0.2) is 0 Å². The van der Waals surface area contributed by atoms with Gasteiger partial charge in [0.15, 0.2) is 0 Å². The molecular formula is C25H48O8. The molecule has 0 fully saturated rings. The maximum absolute atomic E-state index is 12.1. The van der Waals surface area contributed by atoms with Crippen molar-refractivity contribution in [3.05, 3.63) is 0 Å². The topological polar surface area (TPSA) is 112 Å². The van der Waals surface area contributed by atoms with Crippen LogP contribution in [0, 0.1) is 5.41 Å². The van der Waals surface area contributed by atoms with Crippen molar-refractivity contribution in [2.45, 2.75) is 90.9 Å². The van der Waals surface area contributed by atoms with Gasteiger partial charge in [0.2, 0.25) is 0 Å². The largest absolute Gasteiger partial charge is 0.481 e. The third-order valence-electron chi connectivity index (χ3n) is 5.75. The van der Waals surface area contributed by atoms with Crippen LogP contribution in [0.4, 0.5) is 0 Å². The first kappa shape index (κ1) is 31.8. The highest BCUT2D eigenvalue weighted by Crippen LogP contribution is 2.33. The Hall–Kier alpha value is -1.22. The number of hydrogen-bond acceptors (Lipinski definition) is 6. The second-order valence-corrected chi connectivity index (χ2v) is 8.55. The van der Waals surface area contributed by atoms with Gasteiger partial charge in [0, 0.05) is 32.8 Å². The lowest BCUT2D eigenvalue weighted by Gasteiger charge is -2.29. The minimum atomic E-state index is -1.18. The van der Waals surface area contributed by atoms with E-state index in [4.69, 9.17) is 24.1 Å². The number of aliphatic carboxylic acids is 2. The van der Waals surface area contributed by atoms with Crippen LogP contribution < -0.4 is 0 Å². The Bertz CT molecular complexity index is 445. The summed E-state index contributed by atoms with van der Waals surface area (Å²) >= 11 is 0. The fourth-order valence-corrected chi connectivity index (χ4v) is 3.48. The zero-order chi connectivity index (χ0) is 24.6. The van der Waals surface area contributed by atoms with Crippen LogP contribution in [0.2, 0.25) is 0 Å². The maximum Gasteiger partial charge on any atom is 0.309 e. The summed E-state index contributed by atoms with van der Waals surface area (Å²) in [6, 6.07) is 0. The van der Waals surface area contributed by atoms with Crippen LogP contribution in [0.1, 0.15) is 90.9 Å². The zero-order valence-corrected chi connectivity index (χ0v) is 21.0. The zero-order valence-electron chi connectivity index (χ0n) is 21.0. The van der Waals surface area contributed by atoms with Crippen LogP contribution in [0.25, 0.3) is 0 Å². The highest BCUT2D eigenvalue weighted by molar-refractivity contribution is 5.76. The van der Waals surface area contributed by atoms with Crippen molar-refractivity contribution in [3.8, 4) is 0 Å². The van der Waals surface area contributed by atoms with Crippen molar-refractivity contribution < 1.29 is 38.7 Å². The van der Waals surface area contributed by atoms with E-state index in [0.717, 1.165) is 25.7 Å². The Kier molecular flexibility index (Phi) is 21.7. The molecule has 0 heterocycles. The Morgan fingerprint density at radius 3 is 1.36 bits per heavy atom. The minimum Gasteiger partial charge on any atom is -0.481 e. The lowest BCUT2D eigenvalue weighted by molar-refractivity contribution is -0.153. The van der Waals surface area contributed by atoms with Gasteiger partial charge in [-0.3, -0.25) is 9.59 Å². The van der Waals surface area contributed by atoms with Crippen molar-refractivity contribution >= 4 is 11.9 Å². The van der Waals surface area contributed by atoms with Crippen LogP contribution >= 0.6 is 0 Å². The first-order valence-electron chi connectivity index (χ1n) is 12.7. The summed E-state index contributed by atoms with van der Waals surface area (Å²) in [4.78, 5) is 23.1. The van der Waals surface area contributed by atoms with Crippen molar-refractivity contribution in [1.29, 1.82) is 0 Å². The van der Waals surface area contributed by atoms with E-state index in [1.54, 1.807) is 0 Å². The van der Waals surface area contributed by atoms with Crippen LogP contribution in [-0.2, 0) is 28.5 Å². The third kappa shape index (κ3) is 18.8. The second kappa shape index (κ2) is 22.6. The van der Waals surface area contributed by atoms with Gasteiger partial charge in [-0.2, -0.15) is 0 Å². The van der Waals surface area contributed by atoms with E-state index in [1.165, 1.54) is 25.7 Å². The standard InChI is InChI=1S/C25H48O8/c1-3-5-7-9-15-30-19-21-32-17-13-25(24(28)29,12-11-23(26)27)14-18-33-22-20-31-16-10-8-6-4-2/h3-22H2,1-2H3,(H,26,27)(H,28,29). The average molecular weight is 477 g/mol. The predicted octanol–water partition coefficient (Wildman–Crippen LogP) is 4.93. The Balaban J connectivity index is 4.22. The summed E-state index contributed by atoms with van der Waals surface area (Å²) in [5.41, 5.74) is -1.18. The van der Waals surface area contributed by atoms with E-state index in [2.05, 4.69) is 13.8 Å². The van der Waals surface area contributed by atoms with E-state index < -0.39 is 17.4 Å². The molecule has 0 saturated heterocycles. The second-order valence-electron chi connectivity index (χ2n) is 8.55. The summed E-state index contributed by atoms with van der Waals surface area (Å²) in [7, 11) is 0. The molecule has 0 aromatic carbocycles. The molecule has 0 radical (unpaired) electrons. The first-order valence-corrected chi connectivity index (χ1v) is 12.7. The van der Waals surface area contributed by atoms with Crippen molar-refractivity contribution in [1.82, 2.24) is 0 Å². The molecule has 33 heavy (non-hydrogen) atoms. The molecule has 0 aromatic rings. The predicted molar refractivity (Wildman–Crippen MR) is 128 cm³/mol. The van der Waals surface area contributed by atoms with Gasteiger partial charge in [-0.25, -0.2) is 0 Å². The average Bonchev–Trinajstić information content (AvgIpc) is 2.79. The molecule has 0 aromatic heterocycles. The monoisotopic (exact) mass is 476 g/mol. The Labute approximate surface area is 200 Å². The van der Waals surface area contributed by atoms with Gasteiger partial charge in [0.05, 0.1) is 31.8 Å². The summed E-state index contributed by atoms with van der Waals surface area (Å²) < 4.78 is 22.2. The van der Waals surface area contributed by atoms with Gasteiger partial charge >= 0.3 is 11.9 Å². The van der Waals surface area contributed by atoms with E-state index in [0.29, 0.717) is 39.6 Å². The number of carbonyl (C=O) groups is 2. The molecule has 2 N–H and O–H groups in total.